The van der Waals surface area contributed by atoms with Crippen LogP contribution in [-0.2, 0) is 10.0 Å². The third-order valence-corrected chi connectivity index (χ3v) is 5.74. The number of carbonyl (C=O) groups is 1. The smallest absolute Gasteiger partial charge is 0.263 e. The lowest BCUT2D eigenvalue weighted by Crippen LogP contribution is -2.26. The Morgan fingerprint density at radius 3 is 2.64 bits per heavy atom. The summed E-state index contributed by atoms with van der Waals surface area (Å²) in [6.07, 6.45) is 0. The number of amides is 1. The number of carbonyl (C=O) groups excluding carboxylic acids is 1. The van der Waals surface area contributed by atoms with Gasteiger partial charge in [0, 0.05) is 12.1 Å². The Hall–Kier alpha value is -2.49. The van der Waals surface area contributed by atoms with Gasteiger partial charge in [0.2, 0.25) is 0 Å². The highest BCUT2D eigenvalue weighted by Crippen LogP contribution is 2.28. The summed E-state index contributed by atoms with van der Waals surface area (Å²) in [6.45, 7) is 0.0294. The number of aliphatic hydroxyl groups excluding tert-OH is 1. The van der Waals surface area contributed by atoms with Crippen molar-refractivity contribution in [2.75, 3.05) is 17.9 Å². The van der Waals surface area contributed by atoms with E-state index in [4.69, 9.17) is 5.11 Å². The summed E-state index contributed by atoms with van der Waals surface area (Å²) in [5.41, 5.74) is 1.01. The summed E-state index contributed by atoms with van der Waals surface area (Å²) in [5.74, 6) is -0.309. The third kappa shape index (κ3) is 3.95. The molecule has 3 N–H and O–H groups in total. The molecule has 130 valence electrons. The van der Waals surface area contributed by atoms with Crippen LogP contribution in [0.1, 0.15) is 10.4 Å². The number of rotatable bonds is 6. The molecule has 3 aromatic rings. The first kappa shape index (κ1) is 17.3. The van der Waals surface area contributed by atoms with Crippen LogP contribution in [0.5, 0.6) is 0 Å². The van der Waals surface area contributed by atoms with Crippen molar-refractivity contribution in [3.63, 3.8) is 0 Å². The first-order valence-corrected chi connectivity index (χ1v) is 9.67. The highest BCUT2D eigenvalue weighted by atomic mass is 32.2. The molecular formula is C16H15N3O4S2. The van der Waals surface area contributed by atoms with E-state index in [1.807, 2.05) is 0 Å². The number of aromatic nitrogens is 1. The van der Waals surface area contributed by atoms with Crippen LogP contribution in [0.25, 0.3) is 10.2 Å². The Morgan fingerprint density at radius 2 is 1.92 bits per heavy atom. The number of benzene rings is 2. The minimum atomic E-state index is -3.71. The maximum Gasteiger partial charge on any atom is 0.263 e. The van der Waals surface area contributed by atoms with Crippen LogP contribution < -0.4 is 10.0 Å². The van der Waals surface area contributed by atoms with Gasteiger partial charge in [-0.1, -0.05) is 29.5 Å². The van der Waals surface area contributed by atoms with Crippen molar-refractivity contribution in [1.82, 2.24) is 10.3 Å². The molecule has 0 saturated heterocycles. The van der Waals surface area contributed by atoms with Crippen LogP contribution in [0.2, 0.25) is 0 Å². The van der Waals surface area contributed by atoms with E-state index < -0.39 is 10.0 Å². The monoisotopic (exact) mass is 377 g/mol. The fourth-order valence-electron chi connectivity index (χ4n) is 2.15. The van der Waals surface area contributed by atoms with Gasteiger partial charge in [0.05, 0.1) is 21.7 Å². The fourth-order valence-corrected chi connectivity index (χ4v) is 4.32. The van der Waals surface area contributed by atoms with Gasteiger partial charge in [-0.15, -0.1) is 0 Å². The molecule has 0 aliphatic rings. The molecule has 1 amide bonds. The van der Waals surface area contributed by atoms with Crippen molar-refractivity contribution < 1.29 is 18.3 Å². The Bertz CT molecular complexity index is 1000. The zero-order valence-electron chi connectivity index (χ0n) is 13.0. The van der Waals surface area contributed by atoms with E-state index in [1.165, 1.54) is 12.1 Å². The SMILES string of the molecule is O=C(NCCO)c1ccc2nc(NS(=O)(=O)c3ccccc3)sc2c1. The zero-order valence-corrected chi connectivity index (χ0v) is 14.6. The number of nitrogens with zero attached hydrogens (tertiary/aromatic N) is 1. The molecule has 0 radical (unpaired) electrons. The van der Waals surface area contributed by atoms with Gasteiger partial charge in [0.15, 0.2) is 5.13 Å². The molecule has 3 rings (SSSR count). The van der Waals surface area contributed by atoms with E-state index in [2.05, 4.69) is 15.0 Å². The fraction of sp³-hybridized carbons (Fsp3) is 0.125. The number of sulfonamides is 1. The Balaban J connectivity index is 1.85. The lowest BCUT2D eigenvalue weighted by Gasteiger charge is -2.03. The Kier molecular flexibility index (Phi) is 4.98. The van der Waals surface area contributed by atoms with Gasteiger partial charge in [0.1, 0.15) is 0 Å². The molecule has 25 heavy (non-hydrogen) atoms. The molecule has 0 aliphatic carbocycles. The maximum absolute atomic E-state index is 12.3. The normalized spacial score (nSPS) is 11.4. The molecule has 0 spiro atoms. The predicted molar refractivity (Wildman–Crippen MR) is 96.3 cm³/mol. The second-order valence-corrected chi connectivity index (χ2v) is 7.81. The van der Waals surface area contributed by atoms with Crippen molar-refractivity contribution in [3.8, 4) is 0 Å². The number of aliphatic hydroxyl groups is 1. The summed E-state index contributed by atoms with van der Waals surface area (Å²) in [4.78, 5) is 16.3. The molecule has 1 heterocycles. The second-order valence-electron chi connectivity index (χ2n) is 5.10. The Labute approximate surface area is 148 Å². The summed E-state index contributed by atoms with van der Waals surface area (Å²) >= 11 is 1.14. The van der Waals surface area contributed by atoms with Gasteiger partial charge in [-0.25, -0.2) is 13.4 Å². The average Bonchev–Trinajstić information content (AvgIpc) is 3.00. The first-order chi connectivity index (χ1) is 12.0. The number of fused-ring (bicyclic) bond motifs is 1. The molecule has 0 aliphatic heterocycles. The van der Waals surface area contributed by atoms with E-state index in [-0.39, 0.29) is 29.1 Å². The van der Waals surface area contributed by atoms with Crippen molar-refractivity contribution in [2.24, 2.45) is 0 Å². The van der Waals surface area contributed by atoms with E-state index in [0.717, 1.165) is 11.3 Å². The minimum Gasteiger partial charge on any atom is -0.395 e. The standard InChI is InChI=1S/C16H15N3O4S2/c20-9-8-17-15(21)11-6-7-13-14(10-11)24-16(18-13)19-25(22,23)12-4-2-1-3-5-12/h1-7,10,20H,8-9H2,(H,17,21)(H,18,19). The van der Waals surface area contributed by atoms with E-state index in [1.54, 1.807) is 36.4 Å². The molecule has 9 heteroatoms. The quantitative estimate of drug-likeness (QED) is 0.607. The van der Waals surface area contributed by atoms with Gasteiger partial charge < -0.3 is 10.4 Å². The van der Waals surface area contributed by atoms with Crippen molar-refractivity contribution in [3.05, 3.63) is 54.1 Å². The molecule has 0 fully saturated rings. The van der Waals surface area contributed by atoms with Gasteiger partial charge in [-0.3, -0.25) is 9.52 Å². The van der Waals surface area contributed by atoms with Crippen molar-refractivity contribution in [1.29, 1.82) is 0 Å². The number of hydrogen-bond acceptors (Lipinski definition) is 6. The predicted octanol–water partition coefficient (Wildman–Crippen LogP) is 1.82. The van der Waals surface area contributed by atoms with Crippen LogP contribution in [0, 0.1) is 0 Å². The molecule has 7 nitrogen and oxygen atoms in total. The van der Waals surface area contributed by atoms with Gasteiger partial charge in [-0.2, -0.15) is 0 Å². The van der Waals surface area contributed by atoms with E-state index in [0.29, 0.717) is 15.8 Å². The van der Waals surface area contributed by atoms with Crippen LogP contribution >= 0.6 is 11.3 Å². The zero-order chi connectivity index (χ0) is 17.9. The highest BCUT2D eigenvalue weighted by molar-refractivity contribution is 7.93. The van der Waals surface area contributed by atoms with Gasteiger partial charge in [0.25, 0.3) is 15.9 Å². The number of nitrogens with one attached hydrogen (secondary N) is 2. The summed E-state index contributed by atoms with van der Waals surface area (Å²) in [6, 6.07) is 12.9. The van der Waals surface area contributed by atoms with Crippen LogP contribution in [0.4, 0.5) is 5.13 Å². The molecule has 0 saturated carbocycles. The molecule has 2 aromatic carbocycles. The van der Waals surface area contributed by atoms with Crippen LogP contribution in [0.3, 0.4) is 0 Å². The maximum atomic E-state index is 12.3. The van der Waals surface area contributed by atoms with E-state index in [9.17, 15) is 13.2 Å². The summed E-state index contributed by atoms with van der Waals surface area (Å²) < 4.78 is 27.8. The number of anilines is 1. The van der Waals surface area contributed by atoms with Crippen molar-refractivity contribution in [2.45, 2.75) is 4.90 Å². The van der Waals surface area contributed by atoms with Crippen molar-refractivity contribution >= 4 is 42.6 Å². The lowest BCUT2D eigenvalue weighted by atomic mass is 10.2. The molecule has 0 unspecified atom stereocenters. The first-order valence-electron chi connectivity index (χ1n) is 7.37. The van der Waals surface area contributed by atoms with Gasteiger partial charge >= 0.3 is 0 Å². The van der Waals surface area contributed by atoms with Crippen LogP contribution in [-0.4, -0.2) is 37.6 Å². The number of hydrogen-bond donors (Lipinski definition) is 3. The molecular weight excluding hydrogens is 362 g/mol. The molecule has 0 atom stereocenters. The Morgan fingerprint density at radius 1 is 1.16 bits per heavy atom. The molecule has 0 bridgehead atoms. The minimum absolute atomic E-state index is 0.139. The second kappa shape index (κ2) is 7.18. The molecule has 1 aromatic heterocycles. The highest BCUT2D eigenvalue weighted by Gasteiger charge is 2.16. The third-order valence-electron chi connectivity index (χ3n) is 3.32. The lowest BCUT2D eigenvalue weighted by molar-refractivity contribution is 0.0945. The number of thiazole rings is 1. The van der Waals surface area contributed by atoms with Crippen LogP contribution in [0.15, 0.2) is 53.4 Å². The topological polar surface area (TPSA) is 108 Å². The van der Waals surface area contributed by atoms with Gasteiger partial charge in [-0.05, 0) is 30.3 Å². The average molecular weight is 377 g/mol. The summed E-state index contributed by atoms with van der Waals surface area (Å²) in [5, 5.41) is 11.5. The largest absolute Gasteiger partial charge is 0.395 e. The van der Waals surface area contributed by atoms with E-state index >= 15 is 0 Å². The summed E-state index contributed by atoms with van der Waals surface area (Å²) in [7, 11) is -3.71.